The van der Waals surface area contributed by atoms with Gasteiger partial charge < -0.3 is 14.5 Å². The second-order valence-corrected chi connectivity index (χ2v) is 8.65. The van der Waals surface area contributed by atoms with Crippen LogP contribution in [0.25, 0.3) is 0 Å². The molecule has 1 spiro atoms. The van der Waals surface area contributed by atoms with E-state index < -0.39 is 16.6 Å². The molecule has 1 atom stereocenters. The Balaban J connectivity index is 1.76. The molecule has 1 unspecified atom stereocenters. The average molecular weight is 450 g/mol. The zero-order chi connectivity index (χ0) is 22.4. The normalized spacial score (nSPS) is 20.5. The predicted octanol–water partition coefficient (Wildman–Crippen LogP) is 4.40. The van der Waals surface area contributed by atoms with Gasteiger partial charge in [-0.1, -0.05) is 19.1 Å². The molecular weight excluding hydrogens is 429 g/mol. The molecular formula is C22H21F3N2O3S. The van der Waals surface area contributed by atoms with E-state index in [0.29, 0.717) is 34.9 Å². The molecule has 0 N–H and O–H groups in total. The van der Waals surface area contributed by atoms with Crippen molar-refractivity contribution in [3.63, 3.8) is 0 Å². The highest BCUT2D eigenvalue weighted by atomic mass is 32.2. The summed E-state index contributed by atoms with van der Waals surface area (Å²) in [6.45, 7) is 2.31. The fourth-order valence-electron chi connectivity index (χ4n) is 4.11. The molecule has 2 aliphatic heterocycles. The Morgan fingerprint density at radius 1 is 1.19 bits per heavy atom. The number of rotatable bonds is 4. The third-order valence-corrected chi connectivity index (χ3v) is 7.05. The van der Waals surface area contributed by atoms with E-state index in [2.05, 4.69) is 0 Å². The van der Waals surface area contributed by atoms with Gasteiger partial charge in [-0.05, 0) is 35.9 Å². The first-order chi connectivity index (χ1) is 14.7. The number of alkyl halides is 3. The van der Waals surface area contributed by atoms with Crippen LogP contribution >= 0.6 is 11.8 Å². The van der Waals surface area contributed by atoms with Crippen molar-refractivity contribution >= 4 is 29.3 Å². The lowest BCUT2D eigenvalue weighted by molar-refractivity contribution is -0.139. The van der Waals surface area contributed by atoms with Gasteiger partial charge in [0.05, 0.1) is 24.9 Å². The molecule has 0 aromatic heterocycles. The Kier molecular flexibility index (Phi) is 5.41. The van der Waals surface area contributed by atoms with Crippen molar-refractivity contribution in [1.29, 1.82) is 0 Å². The van der Waals surface area contributed by atoms with Gasteiger partial charge in [0, 0.05) is 24.3 Å². The minimum Gasteiger partial charge on any atom is -0.497 e. The molecule has 0 aliphatic carbocycles. The van der Waals surface area contributed by atoms with Crippen LogP contribution in [-0.4, -0.2) is 36.1 Å². The summed E-state index contributed by atoms with van der Waals surface area (Å²) in [4.78, 5) is 28.4. The maximum atomic E-state index is 13.7. The molecule has 164 valence electrons. The number of thioether (sulfide) groups is 1. The Labute approximate surface area is 182 Å². The summed E-state index contributed by atoms with van der Waals surface area (Å²) < 4.78 is 44.0. The standard InChI is InChI=1S/C22H21F3N2O3S/c1-3-19(28)27-10-11-31-21(27)17-12-16(30-2)8-9-18(17)26(20(21)29)13-14-4-6-15(7-5-14)22(23,24)25/h4-9,12H,3,10-11,13H2,1-2H3. The van der Waals surface area contributed by atoms with Crippen molar-refractivity contribution in [2.45, 2.75) is 30.9 Å². The molecule has 2 heterocycles. The predicted molar refractivity (Wildman–Crippen MR) is 112 cm³/mol. The molecule has 2 amide bonds. The van der Waals surface area contributed by atoms with Crippen molar-refractivity contribution in [2.24, 2.45) is 0 Å². The van der Waals surface area contributed by atoms with E-state index >= 15 is 0 Å². The molecule has 1 saturated heterocycles. The number of benzene rings is 2. The van der Waals surface area contributed by atoms with Gasteiger partial charge in [0.2, 0.25) is 5.91 Å². The summed E-state index contributed by atoms with van der Waals surface area (Å²) in [5, 5.41) is 0. The highest BCUT2D eigenvalue weighted by Crippen LogP contribution is 2.55. The van der Waals surface area contributed by atoms with Crippen LogP contribution in [0.2, 0.25) is 0 Å². The summed E-state index contributed by atoms with van der Waals surface area (Å²) in [6, 6.07) is 10.0. The molecule has 2 aromatic rings. The van der Waals surface area contributed by atoms with Crippen molar-refractivity contribution in [3.05, 3.63) is 59.2 Å². The Bertz CT molecular complexity index is 1030. The number of amides is 2. The van der Waals surface area contributed by atoms with Crippen molar-refractivity contribution < 1.29 is 27.5 Å². The number of nitrogens with zero attached hydrogens (tertiary/aromatic N) is 2. The molecule has 4 rings (SSSR count). The van der Waals surface area contributed by atoms with Crippen molar-refractivity contribution in [1.82, 2.24) is 4.90 Å². The summed E-state index contributed by atoms with van der Waals surface area (Å²) in [7, 11) is 1.53. The number of hydrogen-bond donors (Lipinski definition) is 0. The molecule has 1 fully saturated rings. The fraction of sp³-hybridized carbons (Fsp3) is 0.364. The monoisotopic (exact) mass is 450 g/mol. The largest absolute Gasteiger partial charge is 0.497 e. The minimum absolute atomic E-state index is 0.104. The second-order valence-electron chi connectivity index (χ2n) is 7.36. The molecule has 5 nitrogen and oxygen atoms in total. The zero-order valence-electron chi connectivity index (χ0n) is 17.0. The highest BCUT2D eigenvalue weighted by molar-refractivity contribution is 8.01. The van der Waals surface area contributed by atoms with Gasteiger partial charge in [-0.15, -0.1) is 11.8 Å². The van der Waals surface area contributed by atoms with Crippen LogP contribution in [0, 0.1) is 0 Å². The van der Waals surface area contributed by atoms with Gasteiger partial charge in [0.15, 0.2) is 4.87 Å². The zero-order valence-corrected chi connectivity index (χ0v) is 17.8. The highest BCUT2D eigenvalue weighted by Gasteiger charge is 2.59. The first kappa shape index (κ1) is 21.5. The summed E-state index contributed by atoms with van der Waals surface area (Å²) >= 11 is 1.40. The number of halogens is 3. The second kappa shape index (κ2) is 7.78. The van der Waals surface area contributed by atoms with Crippen molar-refractivity contribution in [3.8, 4) is 5.75 Å². The molecule has 2 aliphatic rings. The Morgan fingerprint density at radius 2 is 1.90 bits per heavy atom. The lowest BCUT2D eigenvalue weighted by Gasteiger charge is -2.33. The quantitative estimate of drug-likeness (QED) is 0.693. The van der Waals surface area contributed by atoms with E-state index in [1.54, 1.807) is 34.9 Å². The summed E-state index contributed by atoms with van der Waals surface area (Å²) in [6.07, 6.45) is -4.15. The van der Waals surface area contributed by atoms with Crippen molar-refractivity contribution in [2.75, 3.05) is 24.3 Å². The topological polar surface area (TPSA) is 49.9 Å². The molecule has 0 bridgehead atoms. The van der Waals surface area contributed by atoms with E-state index in [-0.39, 0.29) is 24.8 Å². The van der Waals surface area contributed by atoms with Crippen LogP contribution < -0.4 is 9.64 Å². The van der Waals surface area contributed by atoms with Crippen LogP contribution in [0.5, 0.6) is 5.75 Å². The number of carbonyl (C=O) groups is 2. The van der Waals surface area contributed by atoms with Gasteiger partial charge in [0.1, 0.15) is 5.75 Å². The summed E-state index contributed by atoms with van der Waals surface area (Å²) in [5.74, 6) is 0.796. The number of carbonyl (C=O) groups excluding carboxylic acids is 2. The maximum absolute atomic E-state index is 13.7. The lowest BCUT2D eigenvalue weighted by Crippen LogP contribution is -2.50. The van der Waals surface area contributed by atoms with E-state index in [9.17, 15) is 22.8 Å². The number of hydrogen-bond acceptors (Lipinski definition) is 4. The number of ether oxygens (including phenoxy) is 1. The van der Waals surface area contributed by atoms with Crippen LogP contribution in [0.15, 0.2) is 42.5 Å². The van der Waals surface area contributed by atoms with E-state index in [4.69, 9.17) is 4.74 Å². The molecule has 31 heavy (non-hydrogen) atoms. The fourth-order valence-corrected chi connectivity index (χ4v) is 5.58. The van der Waals surface area contributed by atoms with Gasteiger partial charge in [-0.25, -0.2) is 0 Å². The van der Waals surface area contributed by atoms with Crippen LogP contribution in [0.1, 0.15) is 30.0 Å². The number of anilines is 1. The molecule has 2 aromatic carbocycles. The summed E-state index contributed by atoms with van der Waals surface area (Å²) in [5.41, 5.74) is 1.13. The van der Waals surface area contributed by atoms with Gasteiger partial charge in [-0.2, -0.15) is 13.2 Å². The van der Waals surface area contributed by atoms with Crippen LogP contribution in [0.4, 0.5) is 18.9 Å². The van der Waals surface area contributed by atoms with E-state index in [1.165, 1.54) is 31.0 Å². The molecule has 0 radical (unpaired) electrons. The van der Waals surface area contributed by atoms with Gasteiger partial charge >= 0.3 is 6.18 Å². The Morgan fingerprint density at radius 3 is 2.52 bits per heavy atom. The Hall–Kier alpha value is -2.68. The smallest absolute Gasteiger partial charge is 0.416 e. The lowest BCUT2D eigenvalue weighted by atomic mass is 10.0. The number of fused-ring (bicyclic) bond motifs is 2. The van der Waals surface area contributed by atoms with Crippen LogP contribution in [-0.2, 0) is 27.2 Å². The third kappa shape index (κ3) is 3.44. The van der Waals surface area contributed by atoms with Crippen LogP contribution in [0.3, 0.4) is 0 Å². The first-order valence-corrected chi connectivity index (χ1v) is 10.8. The third-order valence-electron chi connectivity index (χ3n) is 5.63. The SMILES string of the molecule is CCC(=O)N1CCSC12C(=O)N(Cc1ccc(C(F)(F)F)cc1)c1ccc(OC)cc12. The first-order valence-electron chi connectivity index (χ1n) is 9.83. The maximum Gasteiger partial charge on any atom is 0.416 e. The minimum atomic E-state index is -4.42. The average Bonchev–Trinajstić information content (AvgIpc) is 3.30. The van der Waals surface area contributed by atoms with E-state index in [1.807, 2.05) is 0 Å². The van der Waals surface area contributed by atoms with E-state index in [0.717, 1.165) is 12.1 Å². The number of methoxy groups -OCH3 is 1. The molecule has 0 saturated carbocycles. The van der Waals surface area contributed by atoms with Gasteiger partial charge in [0.25, 0.3) is 5.91 Å². The molecule has 9 heteroatoms. The van der Waals surface area contributed by atoms with Gasteiger partial charge in [-0.3, -0.25) is 9.59 Å².